The van der Waals surface area contributed by atoms with E-state index < -0.39 is 28.5 Å². The standard InChI is InChI=1S/C28H30ClN3O6S/c1-30-28(34)24(16-20-6-4-3-5-7-20)31(18-21-8-10-22(29)11-9-21)27(33)19-32(39(2,35)36)23-12-13-25-26(17-23)38-15-14-37-25/h3-13,17,24H,14-16,18-19H2,1-2H3,(H,30,34). The molecule has 1 N–H and O–H groups in total. The monoisotopic (exact) mass is 571 g/mol. The van der Waals surface area contributed by atoms with Gasteiger partial charge in [-0.25, -0.2) is 8.42 Å². The van der Waals surface area contributed by atoms with Crippen LogP contribution in [0.4, 0.5) is 5.69 Å². The van der Waals surface area contributed by atoms with Crippen LogP contribution in [0.2, 0.25) is 5.02 Å². The van der Waals surface area contributed by atoms with Gasteiger partial charge in [-0.3, -0.25) is 13.9 Å². The van der Waals surface area contributed by atoms with Crippen LogP contribution < -0.4 is 19.1 Å². The molecule has 3 aromatic rings. The van der Waals surface area contributed by atoms with E-state index in [1.54, 1.807) is 36.4 Å². The Morgan fingerprint density at radius 2 is 1.62 bits per heavy atom. The van der Waals surface area contributed by atoms with Gasteiger partial charge >= 0.3 is 0 Å². The summed E-state index contributed by atoms with van der Waals surface area (Å²) in [6.45, 7) is 0.271. The quantitative estimate of drug-likeness (QED) is 0.400. The summed E-state index contributed by atoms with van der Waals surface area (Å²) in [4.78, 5) is 28.5. The summed E-state index contributed by atoms with van der Waals surface area (Å²) in [5, 5.41) is 3.18. The number of carbonyl (C=O) groups excluding carboxylic acids is 2. The Hall–Kier alpha value is -3.76. The number of ether oxygens (including phenoxy) is 2. The number of sulfonamides is 1. The zero-order valence-electron chi connectivity index (χ0n) is 21.7. The number of nitrogens with one attached hydrogen (secondary N) is 1. The Morgan fingerprint density at radius 3 is 2.26 bits per heavy atom. The first-order valence-corrected chi connectivity index (χ1v) is 14.5. The molecule has 3 aromatic carbocycles. The van der Waals surface area contributed by atoms with E-state index in [1.165, 1.54) is 18.0 Å². The first-order chi connectivity index (χ1) is 18.7. The van der Waals surface area contributed by atoms with Crippen molar-refractivity contribution in [2.45, 2.75) is 19.0 Å². The van der Waals surface area contributed by atoms with Crippen molar-refractivity contribution in [3.8, 4) is 11.5 Å². The molecule has 9 nitrogen and oxygen atoms in total. The highest BCUT2D eigenvalue weighted by Crippen LogP contribution is 2.34. The number of rotatable bonds is 10. The fraction of sp³-hybridized carbons (Fsp3) is 0.286. The molecule has 4 rings (SSSR count). The van der Waals surface area contributed by atoms with Gasteiger partial charge in [0, 0.05) is 31.1 Å². The van der Waals surface area contributed by atoms with Crippen molar-refractivity contribution in [2.75, 3.05) is 37.4 Å². The highest BCUT2D eigenvalue weighted by atomic mass is 35.5. The minimum absolute atomic E-state index is 0.0691. The lowest BCUT2D eigenvalue weighted by Gasteiger charge is -2.33. The van der Waals surface area contributed by atoms with E-state index in [0.717, 1.165) is 21.7 Å². The second-order valence-corrected chi connectivity index (χ2v) is 11.4. The summed E-state index contributed by atoms with van der Waals surface area (Å²) in [5.74, 6) is -0.0249. The number of likely N-dealkylation sites (N-methyl/N-ethyl adjacent to an activating group) is 1. The molecule has 2 amide bonds. The van der Waals surface area contributed by atoms with Crippen LogP contribution in [-0.4, -0.2) is 64.2 Å². The molecule has 0 radical (unpaired) electrons. The molecule has 206 valence electrons. The van der Waals surface area contributed by atoms with E-state index in [-0.39, 0.29) is 24.6 Å². The van der Waals surface area contributed by atoms with Gasteiger partial charge in [-0.05, 0) is 35.4 Å². The highest BCUT2D eigenvalue weighted by molar-refractivity contribution is 7.92. The second kappa shape index (κ2) is 12.4. The zero-order chi connectivity index (χ0) is 28.0. The molecule has 0 fully saturated rings. The zero-order valence-corrected chi connectivity index (χ0v) is 23.2. The number of halogens is 1. The van der Waals surface area contributed by atoms with Crippen molar-refractivity contribution in [1.82, 2.24) is 10.2 Å². The molecule has 1 heterocycles. The lowest BCUT2D eigenvalue weighted by molar-refractivity contribution is -0.139. The van der Waals surface area contributed by atoms with Crippen LogP contribution in [0.5, 0.6) is 11.5 Å². The maximum absolute atomic E-state index is 13.9. The van der Waals surface area contributed by atoms with Gasteiger partial charge in [0.15, 0.2) is 11.5 Å². The molecule has 0 saturated heterocycles. The third-order valence-corrected chi connectivity index (χ3v) is 7.67. The fourth-order valence-corrected chi connectivity index (χ4v) is 5.28. The Labute approximate surface area is 233 Å². The van der Waals surface area contributed by atoms with Crippen LogP contribution in [0, 0.1) is 0 Å². The Bertz CT molecular complexity index is 1420. The number of anilines is 1. The van der Waals surface area contributed by atoms with Gasteiger partial charge in [-0.1, -0.05) is 54.1 Å². The maximum Gasteiger partial charge on any atom is 0.244 e. The maximum atomic E-state index is 13.9. The first kappa shape index (κ1) is 28.3. The molecule has 11 heteroatoms. The van der Waals surface area contributed by atoms with E-state index in [0.29, 0.717) is 29.7 Å². The predicted molar refractivity (Wildman–Crippen MR) is 150 cm³/mol. The van der Waals surface area contributed by atoms with Crippen molar-refractivity contribution in [3.63, 3.8) is 0 Å². The van der Waals surface area contributed by atoms with Crippen LogP contribution in [0.1, 0.15) is 11.1 Å². The van der Waals surface area contributed by atoms with Crippen LogP contribution in [-0.2, 0) is 32.6 Å². The van der Waals surface area contributed by atoms with Gasteiger partial charge in [0.2, 0.25) is 21.8 Å². The van der Waals surface area contributed by atoms with E-state index >= 15 is 0 Å². The molecule has 1 atom stereocenters. The molecule has 0 saturated carbocycles. The van der Waals surface area contributed by atoms with Crippen molar-refractivity contribution in [2.24, 2.45) is 0 Å². The largest absolute Gasteiger partial charge is 0.486 e. The van der Waals surface area contributed by atoms with Crippen LogP contribution in [0.25, 0.3) is 0 Å². The lowest BCUT2D eigenvalue weighted by Crippen LogP contribution is -2.52. The van der Waals surface area contributed by atoms with Crippen LogP contribution >= 0.6 is 11.6 Å². The van der Waals surface area contributed by atoms with Gasteiger partial charge in [-0.15, -0.1) is 0 Å². The molecule has 1 aliphatic heterocycles. The summed E-state index contributed by atoms with van der Waals surface area (Å²) in [5.41, 5.74) is 1.84. The minimum atomic E-state index is -3.89. The number of benzene rings is 3. The second-order valence-electron chi connectivity index (χ2n) is 9.07. The predicted octanol–water partition coefficient (Wildman–Crippen LogP) is 3.26. The smallest absolute Gasteiger partial charge is 0.244 e. The summed E-state index contributed by atoms with van der Waals surface area (Å²) < 4.78 is 37.9. The molecular formula is C28H30ClN3O6S. The SMILES string of the molecule is CNC(=O)C(Cc1ccccc1)N(Cc1ccc(Cl)cc1)C(=O)CN(c1ccc2c(c1)OCCO2)S(C)(=O)=O. The van der Waals surface area contributed by atoms with E-state index in [1.807, 2.05) is 30.3 Å². The Morgan fingerprint density at radius 1 is 0.949 bits per heavy atom. The minimum Gasteiger partial charge on any atom is -0.486 e. The number of fused-ring (bicyclic) bond motifs is 1. The van der Waals surface area contributed by atoms with Crippen molar-refractivity contribution in [3.05, 3.63) is 88.9 Å². The molecule has 0 aromatic heterocycles. The molecule has 1 aliphatic rings. The van der Waals surface area contributed by atoms with Crippen molar-refractivity contribution in [1.29, 1.82) is 0 Å². The molecule has 0 spiro atoms. The number of hydrogen-bond acceptors (Lipinski definition) is 6. The number of amides is 2. The summed E-state index contributed by atoms with van der Waals surface area (Å²) in [6, 6.07) is 20.1. The normalized spacial score (nSPS) is 13.3. The molecule has 39 heavy (non-hydrogen) atoms. The van der Waals surface area contributed by atoms with Crippen molar-refractivity contribution < 1.29 is 27.5 Å². The van der Waals surface area contributed by atoms with Gasteiger partial charge in [-0.2, -0.15) is 0 Å². The van der Waals surface area contributed by atoms with E-state index in [9.17, 15) is 18.0 Å². The fourth-order valence-electron chi connectivity index (χ4n) is 4.31. The van der Waals surface area contributed by atoms with Gasteiger partial charge < -0.3 is 19.7 Å². The van der Waals surface area contributed by atoms with Gasteiger partial charge in [0.25, 0.3) is 0 Å². The molecule has 0 aliphatic carbocycles. The first-order valence-electron chi connectivity index (χ1n) is 12.3. The molecular weight excluding hydrogens is 542 g/mol. The van der Waals surface area contributed by atoms with Gasteiger partial charge in [0.1, 0.15) is 25.8 Å². The third-order valence-electron chi connectivity index (χ3n) is 6.28. The highest BCUT2D eigenvalue weighted by Gasteiger charge is 2.33. The third kappa shape index (κ3) is 7.21. The lowest BCUT2D eigenvalue weighted by atomic mass is 10.0. The van der Waals surface area contributed by atoms with Crippen LogP contribution in [0.15, 0.2) is 72.8 Å². The number of nitrogens with zero attached hydrogens (tertiary/aromatic N) is 2. The Kier molecular flexibility index (Phi) is 8.98. The van der Waals surface area contributed by atoms with E-state index in [4.69, 9.17) is 21.1 Å². The summed E-state index contributed by atoms with van der Waals surface area (Å²) in [6.07, 6.45) is 1.27. The molecule has 0 bridgehead atoms. The van der Waals surface area contributed by atoms with Crippen molar-refractivity contribution >= 4 is 39.1 Å². The number of hydrogen-bond donors (Lipinski definition) is 1. The average molecular weight is 572 g/mol. The summed E-state index contributed by atoms with van der Waals surface area (Å²) in [7, 11) is -2.39. The average Bonchev–Trinajstić information content (AvgIpc) is 2.93. The Balaban J connectivity index is 1.70. The molecule has 1 unspecified atom stereocenters. The van der Waals surface area contributed by atoms with E-state index in [2.05, 4.69) is 5.32 Å². The van der Waals surface area contributed by atoms with Crippen LogP contribution in [0.3, 0.4) is 0 Å². The number of carbonyl (C=O) groups is 2. The van der Waals surface area contributed by atoms with Gasteiger partial charge in [0.05, 0.1) is 11.9 Å². The topological polar surface area (TPSA) is 105 Å². The summed E-state index contributed by atoms with van der Waals surface area (Å²) >= 11 is 6.05.